The molecule has 1 heterocycles. The second-order valence-corrected chi connectivity index (χ2v) is 3.57. The van der Waals surface area contributed by atoms with Crippen molar-refractivity contribution in [3.63, 3.8) is 0 Å². The van der Waals surface area contributed by atoms with Crippen molar-refractivity contribution >= 4 is 5.97 Å². The van der Waals surface area contributed by atoms with Gasteiger partial charge in [0.05, 0.1) is 6.42 Å². The summed E-state index contributed by atoms with van der Waals surface area (Å²) in [6, 6.07) is 7.63. The third kappa shape index (κ3) is 1.45. The van der Waals surface area contributed by atoms with Crippen molar-refractivity contribution in [2.24, 2.45) is 0 Å². The average molecular weight is 192 g/mol. The van der Waals surface area contributed by atoms with Crippen molar-refractivity contribution in [3.05, 3.63) is 29.8 Å². The summed E-state index contributed by atoms with van der Waals surface area (Å²) in [4.78, 5) is 10.7. The van der Waals surface area contributed by atoms with Gasteiger partial charge in [-0.3, -0.25) is 4.79 Å². The van der Waals surface area contributed by atoms with Crippen LogP contribution in [0, 0.1) is 0 Å². The molecule has 0 saturated carbocycles. The zero-order valence-electron chi connectivity index (χ0n) is 7.93. The molecular formula is C11H12O3. The maximum atomic E-state index is 10.7. The molecule has 2 atom stereocenters. The Morgan fingerprint density at radius 2 is 2.21 bits per heavy atom. The number of para-hydroxylation sites is 1. The number of fused-ring (bicyclic) bond motifs is 1. The van der Waals surface area contributed by atoms with Crippen molar-refractivity contribution in [3.8, 4) is 5.75 Å². The van der Waals surface area contributed by atoms with Gasteiger partial charge in [-0.15, -0.1) is 0 Å². The first kappa shape index (κ1) is 9.06. The summed E-state index contributed by atoms with van der Waals surface area (Å²) in [7, 11) is 0. The molecule has 1 N–H and O–H groups in total. The molecule has 0 aromatic heterocycles. The van der Waals surface area contributed by atoms with E-state index >= 15 is 0 Å². The fraction of sp³-hybridized carbons (Fsp3) is 0.364. The minimum absolute atomic E-state index is 0.0105. The zero-order chi connectivity index (χ0) is 10.1. The van der Waals surface area contributed by atoms with E-state index in [4.69, 9.17) is 9.84 Å². The lowest BCUT2D eigenvalue weighted by Crippen LogP contribution is -2.17. The Bertz CT molecular complexity index is 359. The molecule has 2 rings (SSSR count). The lowest BCUT2D eigenvalue weighted by molar-refractivity contribution is -0.137. The Balaban J connectivity index is 2.30. The van der Waals surface area contributed by atoms with Crippen molar-refractivity contribution in [2.75, 3.05) is 0 Å². The highest BCUT2D eigenvalue weighted by molar-refractivity contribution is 5.68. The summed E-state index contributed by atoms with van der Waals surface area (Å²) in [5.74, 6) is 0.0390. The molecule has 0 fully saturated rings. The van der Waals surface area contributed by atoms with Crippen LogP contribution in [0.1, 0.15) is 24.8 Å². The van der Waals surface area contributed by atoms with Gasteiger partial charge >= 0.3 is 5.97 Å². The van der Waals surface area contributed by atoms with Gasteiger partial charge in [0.1, 0.15) is 11.9 Å². The Kier molecular flexibility index (Phi) is 2.15. The van der Waals surface area contributed by atoms with Crippen LogP contribution in [0.25, 0.3) is 0 Å². The number of hydrogen-bond donors (Lipinski definition) is 1. The summed E-state index contributed by atoms with van der Waals surface area (Å²) in [5, 5.41) is 8.76. The van der Waals surface area contributed by atoms with Crippen molar-refractivity contribution in [1.82, 2.24) is 0 Å². The normalized spacial score (nSPS) is 24.1. The Morgan fingerprint density at radius 1 is 1.50 bits per heavy atom. The predicted molar refractivity (Wildman–Crippen MR) is 51.5 cm³/mol. The van der Waals surface area contributed by atoms with E-state index in [0.717, 1.165) is 11.3 Å². The minimum atomic E-state index is -0.776. The van der Waals surface area contributed by atoms with Crippen LogP contribution in [0.3, 0.4) is 0 Å². The van der Waals surface area contributed by atoms with Crippen LogP contribution in [0.4, 0.5) is 0 Å². The molecule has 1 aliphatic heterocycles. The molecule has 0 amide bonds. The molecule has 3 heteroatoms. The first-order valence-electron chi connectivity index (χ1n) is 4.66. The van der Waals surface area contributed by atoms with E-state index in [9.17, 15) is 4.79 Å². The molecule has 1 unspecified atom stereocenters. The van der Waals surface area contributed by atoms with Crippen molar-refractivity contribution < 1.29 is 14.6 Å². The maximum absolute atomic E-state index is 10.7. The van der Waals surface area contributed by atoms with Gasteiger partial charge in [-0.25, -0.2) is 0 Å². The second-order valence-electron chi connectivity index (χ2n) is 3.57. The van der Waals surface area contributed by atoms with Gasteiger partial charge in [0.25, 0.3) is 0 Å². The molecule has 1 aromatic rings. The van der Waals surface area contributed by atoms with E-state index in [0.29, 0.717) is 0 Å². The SMILES string of the molecule is CC1Oc2ccccc2[C@H]1CC(=O)O. The van der Waals surface area contributed by atoms with Crippen molar-refractivity contribution in [1.29, 1.82) is 0 Å². The summed E-state index contributed by atoms with van der Waals surface area (Å²) < 4.78 is 5.56. The lowest BCUT2D eigenvalue weighted by Gasteiger charge is -2.11. The second kappa shape index (κ2) is 3.33. The number of carboxylic acid groups (broad SMARTS) is 1. The molecule has 0 radical (unpaired) electrons. The Morgan fingerprint density at radius 3 is 2.93 bits per heavy atom. The largest absolute Gasteiger partial charge is 0.490 e. The van der Waals surface area contributed by atoms with Gasteiger partial charge in [-0.1, -0.05) is 18.2 Å². The molecule has 0 spiro atoms. The standard InChI is InChI=1S/C11H12O3/c1-7-9(6-11(12)13)8-4-2-3-5-10(8)14-7/h2-5,7,9H,6H2,1H3,(H,12,13)/t7?,9-/m0/s1. The lowest BCUT2D eigenvalue weighted by atomic mass is 9.93. The first-order chi connectivity index (χ1) is 6.68. The van der Waals surface area contributed by atoms with E-state index in [1.807, 2.05) is 31.2 Å². The monoisotopic (exact) mass is 192 g/mol. The molecular weight excluding hydrogens is 180 g/mol. The highest BCUT2D eigenvalue weighted by Crippen LogP contribution is 2.39. The highest BCUT2D eigenvalue weighted by atomic mass is 16.5. The van der Waals surface area contributed by atoms with Gasteiger partial charge in [0, 0.05) is 11.5 Å². The molecule has 74 valence electrons. The predicted octanol–water partition coefficient (Wildman–Crippen LogP) is 2.03. The Hall–Kier alpha value is -1.51. The maximum Gasteiger partial charge on any atom is 0.304 e. The van der Waals surface area contributed by atoms with Crippen LogP contribution >= 0.6 is 0 Å². The number of hydrogen-bond acceptors (Lipinski definition) is 2. The average Bonchev–Trinajstić information content (AvgIpc) is 2.43. The summed E-state index contributed by atoms with van der Waals surface area (Å²) in [6.45, 7) is 1.91. The topological polar surface area (TPSA) is 46.5 Å². The van der Waals surface area contributed by atoms with E-state index in [-0.39, 0.29) is 18.4 Å². The number of carbonyl (C=O) groups is 1. The first-order valence-corrected chi connectivity index (χ1v) is 4.66. The van der Waals surface area contributed by atoms with Crippen LogP contribution in [0.5, 0.6) is 5.75 Å². The molecule has 0 aliphatic carbocycles. The van der Waals surface area contributed by atoms with Crippen LogP contribution in [-0.2, 0) is 4.79 Å². The van der Waals surface area contributed by atoms with Crippen molar-refractivity contribution in [2.45, 2.75) is 25.4 Å². The van der Waals surface area contributed by atoms with Gasteiger partial charge in [0.15, 0.2) is 0 Å². The van der Waals surface area contributed by atoms with Crippen LogP contribution in [0.15, 0.2) is 24.3 Å². The van der Waals surface area contributed by atoms with Gasteiger partial charge < -0.3 is 9.84 Å². The number of rotatable bonds is 2. The summed E-state index contributed by atoms with van der Waals surface area (Å²) in [5.41, 5.74) is 1.02. The molecule has 3 nitrogen and oxygen atoms in total. The molecule has 0 bridgehead atoms. The summed E-state index contributed by atoms with van der Waals surface area (Å²) in [6.07, 6.45) is 0.0987. The van der Waals surface area contributed by atoms with Crippen LogP contribution < -0.4 is 4.74 Å². The molecule has 0 saturated heterocycles. The van der Waals surface area contributed by atoms with E-state index < -0.39 is 5.97 Å². The van der Waals surface area contributed by atoms with Crippen LogP contribution in [-0.4, -0.2) is 17.2 Å². The smallest absolute Gasteiger partial charge is 0.304 e. The van der Waals surface area contributed by atoms with Crippen LogP contribution in [0.2, 0.25) is 0 Å². The van der Waals surface area contributed by atoms with Gasteiger partial charge in [-0.05, 0) is 13.0 Å². The molecule has 1 aromatic carbocycles. The third-order valence-corrected chi connectivity index (χ3v) is 2.59. The van der Waals surface area contributed by atoms with E-state index in [1.165, 1.54) is 0 Å². The molecule has 14 heavy (non-hydrogen) atoms. The van der Waals surface area contributed by atoms with Gasteiger partial charge in [-0.2, -0.15) is 0 Å². The van der Waals surface area contributed by atoms with E-state index in [1.54, 1.807) is 0 Å². The number of aliphatic carboxylic acids is 1. The molecule has 1 aliphatic rings. The third-order valence-electron chi connectivity index (χ3n) is 2.59. The quantitative estimate of drug-likeness (QED) is 0.779. The fourth-order valence-electron chi connectivity index (χ4n) is 1.89. The number of carboxylic acids is 1. The summed E-state index contributed by atoms with van der Waals surface area (Å²) >= 11 is 0. The van der Waals surface area contributed by atoms with E-state index in [2.05, 4.69) is 0 Å². The highest BCUT2D eigenvalue weighted by Gasteiger charge is 2.32. The number of benzene rings is 1. The fourth-order valence-corrected chi connectivity index (χ4v) is 1.89. The number of ether oxygens (including phenoxy) is 1. The zero-order valence-corrected chi connectivity index (χ0v) is 7.93. The van der Waals surface area contributed by atoms with Gasteiger partial charge in [0.2, 0.25) is 0 Å². The Labute approximate surface area is 82.3 Å². The minimum Gasteiger partial charge on any atom is -0.490 e.